The maximum atomic E-state index is 6.02. The molecular weight excluding hydrogens is 204 g/mol. The second kappa shape index (κ2) is 6.88. The second-order valence-electron chi connectivity index (χ2n) is 3.98. The van der Waals surface area contributed by atoms with Crippen molar-refractivity contribution in [3.63, 3.8) is 0 Å². The zero-order valence-electron chi connectivity index (χ0n) is 9.52. The van der Waals surface area contributed by atoms with Gasteiger partial charge in [0.05, 0.1) is 0 Å². The Labute approximate surface area is 96.8 Å². The number of rotatable bonds is 6. The smallest absolute Gasteiger partial charge is 0.0146 e. The first kappa shape index (κ1) is 12.6. The Morgan fingerprint density at radius 1 is 1.27 bits per heavy atom. The minimum atomic E-state index is 0.289. The summed E-state index contributed by atoms with van der Waals surface area (Å²) in [7, 11) is 4.16. The molecule has 0 aliphatic rings. The third kappa shape index (κ3) is 5.82. The third-order valence-electron chi connectivity index (χ3n) is 2.15. The highest BCUT2D eigenvalue weighted by atomic mass is 32.2. The molecular formula is C12H20N2S. The number of benzene rings is 1. The van der Waals surface area contributed by atoms with Crippen molar-refractivity contribution in [1.82, 2.24) is 4.90 Å². The molecule has 1 rings (SSSR count). The second-order valence-corrected chi connectivity index (χ2v) is 5.07. The van der Waals surface area contributed by atoms with Crippen molar-refractivity contribution in [3.8, 4) is 0 Å². The van der Waals surface area contributed by atoms with Crippen LogP contribution in [0.5, 0.6) is 0 Å². The molecule has 0 amide bonds. The van der Waals surface area contributed by atoms with Crippen molar-refractivity contribution in [2.24, 2.45) is 5.73 Å². The Kier molecular flexibility index (Phi) is 5.76. The van der Waals surface area contributed by atoms with E-state index in [9.17, 15) is 0 Å². The van der Waals surface area contributed by atoms with Crippen LogP contribution >= 0.6 is 11.8 Å². The Hall–Kier alpha value is -0.510. The highest BCUT2D eigenvalue weighted by Crippen LogP contribution is 2.17. The fourth-order valence-corrected chi connectivity index (χ4v) is 2.15. The lowest BCUT2D eigenvalue weighted by molar-refractivity contribution is 0.387. The van der Waals surface area contributed by atoms with Crippen LogP contribution < -0.4 is 5.73 Å². The van der Waals surface area contributed by atoms with Gasteiger partial charge in [0.25, 0.3) is 0 Å². The molecule has 1 atom stereocenters. The van der Waals surface area contributed by atoms with E-state index in [1.54, 1.807) is 0 Å². The largest absolute Gasteiger partial charge is 0.327 e. The predicted molar refractivity (Wildman–Crippen MR) is 68.3 cm³/mol. The number of nitrogens with zero attached hydrogens (tertiary/aromatic N) is 1. The van der Waals surface area contributed by atoms with E-state index in [1.807, 2.05) is 17.8 Å². The maximum absolute atomic E-state index is 6.02. The van der Waals surface area contributed by atoms with E-state index in [-0.39, 0.29) is 6.04 Å². The van der Waals surface area contributed by atoms with Crippen LogP contribution in [0.25, 0.3) is 0 Å². The summed E-state index contributed by atoms with van der Waals surface area (Å²) >= 11 is 1.84. The standard InChI is InChI=1S/C12H20N2S/c1-14(2)9-8-11(13)10-15-12-6-4-3-5-7-12/h3-7,11H,8-10,13H2,1-2H3/t11-/m0/s1. The van der Waals surface area contributed by atoms with Crippen LogP contribution in [0.15, 0.2) is 35.2 Å². The molecule has 1 aromatic rings. The van der Waals surface area contributed by atoms with Gasteiger partial charge in [-0.1, -0.05) is 18.2 Å². The topological polar surface area (TPSA) is 29.3 Å². The Bertz CT molecular complexity index is 262. The summed E-state index contributed by atoms with van der Waals surface area (Å²) in [6.45, 7) is 1.07. The lowest BCUT2D eigenvalue weighted by Crippen LogP contribution is -2.28. The van der Waals surface area contributed by atoms with Crippen LogP contribution in [0.4, 0.5) is 0 Å². The minimum Gasteiger partial charge on any atom is -0.327 e. The summed E-state index contributed by atoms with van der Waals surface area (Å²) in [6, 6.07) is 10.7. The first-order chi connectivity index (χ1) is 7.18. The Morgan fingerprint density at radius 2 is 1.93 bits per heavy atom. The maximum Gasteiger partial charge on any atom is 0.0146 e. The van der Waals surface area contributed by atoms with Gasteiger partial charge in [0, 0.05) is 16.7 Å². The van der Waals surface area contributed by atoms with E-state index in [0.29, 0.717) is 0 Å². The van der Waals surface area contributed by atoms with E-state index >= 15 is 0 Å². The summed E-state index contributed by atoms with van der Waals surface area (Å²) in [4.78, 5) is 3.48. The summed E-state index contributed by atoms with van der Waals surface area (Å²) in [5, 5.41) is 0. The molecule has 0 aliphatic carbocycles. The van der Waals surface area contributed by atoms with E-state index in [1.165, 1.54) is 4.90 Å². The van der Waals surface area contributed by atoms with E-state index in [0.717, 1.165) is 18.7 Å². The molecule has 0 aliphatic heterocycles. The van der Waals surface area contributed by atoms with Crippen LogP contribution in [0.3, 0.4) is 0 Å². The molecule has 1 aromatic carbocycles. The molecule has 0 saturated heterocycles. The fourth-order valence-electron chi connectivity index (χ4n) is 1.23. The monoisotopic (exact) mass is 224 g/mol. The van der Waals surface area contributed by atoms with E-state index in [4.69, 9.17) is 5.73 Å². The zero-order valence-corrected chi connectivity index (χ0v) is 10.3. The quantitative estimate of drug-likeness (QED) is 0.750. The fraction of sp³-hybridized carbons (Fsp3) is 0.500. The van der Waals surface area contributed by atoms with Gasteiger partial charge >= 0.3 is 0 Å². The summed E-state index contributed by atoms with van der Waals surface area (Å²) in [5.74, 6) is 0.998. The van der Waals surface area contributed by atoms with E-state index in [2.05, 4.69) is 43.3 Å². The minimum absolute atomic E-state index is 0.289. The SMILES string of the molecule is CN(C)CC[C@H](N)CSc1ccccc1. The molecule has 84 valence electrons. The Morgan fingerprint density at radius 3 is 2.53 bits per heavy atom. The molecule has 3 heteroatoms. The van der Waals surface area contributed by atoms with Gasteiger partial charge in [-0.05, 0) is 39.2 Å². The average molecular weight is 224 g/mol. The normalized spacial score (nSPS) is 13.1. The number of nitrogens with two attached hydrogens (primary N) is 1. The van der Waals surface area contributed by atoms with Gasteiger partial charge in [-0.3, -0.25) is 0 Å². The molecule has 15 heavy (non-hydrogen) atoms. The zero-order chi connectivity index (χ0) is 11.1. The first-order valence-electron chi connectivity index (χ1n) is 5.26. The average Bonchev–Trinajstić information content (AvgIpc) is 2.25. The van der Waals surface area contributed by atoms with Crippen LogP contribution in [0.2, 0.25) is 0 Å². The molecule has 0 radical (unpaired) electrons. The van der Waals surface area contributed by atoms with Gasteiger partial charge in [0.2, 0.25) is 0 Å². The molecule has 0 heterocycles. The number of thioether (sulfide) groups is 1. The van der Waals surface area contributed by atoms with Crippen molar-refractivity contribution in [1.29, 1.82) is 0 Å². The third-order valence-corrected chi connectivity index (χ3v) is 3.35. The molecule has 2 nitrogen and oxygen atoms in total. The van der Waals surface area contributed by atoms with Crippen molar-refractivity contribution in [2.75, 3.05) is 26.4 Å². The molecule has 0 saturated carbocycles. The molecule has 0 fully saturated rings. The summed E-state index contributed by atoms with van der Waals surface area (Å²) in [6.07, 6.45) is 1.06. The van der Waals surface area contributed by atoms with Gasteiger partial charge in [-0.25, -0.2) is 0 Å². The molecule has 0 spiro atoms. The highest BCUT2D eigenvalue weighted by molar-refractivity contribution is 7.99. The van der Waals surface area contributed by atoms with Crippen LogP contribution in [-0.4, -0.2) is 37.3 Å². The van der Waals surface area contributed by atoms with Gasteiger partial charge in [0.1, 0.15) is 0 Å². The van der Waals surface area contributed by atoms with E-state index < -0.39 is 0 Å². The highest BCUT2D eigenvalue weighted by Gasteiger charge is 2.03. The van der Waals surface area contributed by atoms with Crippen molar-refractivity contribution in [3.05, 3.63) is 30.3 Å². The molecule has 2 N–H and O–H groups in total. The van der Waals surface area contributed by atoms with Gasteiger partial charge in [-0.15, -0.1) is 11.8 Å². The Balaban J connectivity index is 2.19. The molecule has 0 unspecified atom stereocenters. The van der Waals surface area contributed by atoms with Crippen molar-refractivity contribution in [2.45, 2.75) is 17.4 Å². The van der Waals surface area contributed by atoms with Gasteiger partial charge in [-0.2, -0.15) is 0 Å². The van der Waals surface area contributed by atoms with Gasteiger partial charge < -0.3 is 10.6 Å². The number of hydrogen-bond donors (Lipinski definition) is 1. The summed E-state index contributed by atoms with van der Waals surface area (Å²) in [5.41, 5.74) is 6.02. The van der Waals surface area contributed by atoms with Gasteiger partial charge in [0.15, 0.2) is 0 Å². The lowest BCUT2D eigenvalue weighted by Gasteiger charge is -2.14. The predicted octanol–water partition coefficient (Wildman–Crippen LogP) is 2.06. The van der Waals surface area contributed by atoms with Crippen molar-refractivity contribution < 1.29 is 0 Å². The lowest BCUT2D eigenvalue weighted by atomic mass is 10.2. The van der Waals surface area contributed by atoms with Crippen LogP contribution in [0, 0.1) is 0 Å². The van der Waals surface area contributed by atoms with Crippen LogP contribution in [-0.2, 0) is 0 Å². The molecule has 0 bridgehead atoms. The number of hydrogen-bond acceptors (Lipinski definition) is 3. The first-order valence-corrected chi connectivity index (χ1v) is 6.25. The van der Waals surface area contributed by atoms with Crippen LogP contribution in [0.1, 0.15) is 6.42 Å². The molecule has 0 aromatic heterocycles. The summed E-state index contributed by atoms with van der Waals surface area (Å²) < 4.78 is 0. The van der Waals surface area contributed by atoms with Crippen molar-refractivity contribution >= 4 is 11.8 Å².